The summed E-state index contributed by atoms with van der Waals surface area (Å²) in [4.78, 5) is 12.7. The fourth-order valence-electron chi connectivity index (χ4n) is 2.60. The number of methoxy groups -OCH3 is 2. The molecule has 0 aliphatic carbocycles. The molecule has 7 heteroatoms. The summed E-state index contributed by atoms with van der Waals surface area (Å²) in [6, 6.07) is 11.0. The summed E-state index contributed by atoms with van der Waals surface area (Å²) in [5, 5.41) is 2.38. The molecule has 1 atom stereocenters. The van der Waals surface area contributed by atoms with E-state index in [0.29, 0.717) is 17.1 Å². The Balaban J connectivity index is 2.20. The zero-order chi connectivity index (χ0) is 20.2. The van der Waals surface area contributed by atoms with Gasteiger partial charge in [0.1, 0.15) is 11.5 Å². The molecule has 1 N–H and O–H groups in total. The third-order valence-corrected chi connectivity index (χ3v) is 6.49. The Morgan fingerprint density at radius 1 is 0.963 bits per heavy atom. The minimum absolute atomic E-state index is 0.205. The number of amides is 1. The number of hydrogen-bond donors (Lipinski definition) is 1. The van der Waals surface area contributed by atoms with Crippen LogP contribution in [0.3, 0.4) is 0 Å². The molecule has 6 nitrogen and oxygen atoms in total. The lowest BCUT2D eigenvalue weighted by Crippen LogP contribution is -2.27. The monoisotopic (exact) mass is 391 g/mol. The van der Waals surface area contributed by atoms with E-state index in [0.717, 1.165) is 5.56 Å². The molecule has 2 aromatic rings. The van der Waals surface area contributed by atoms with Crippen LogP contribution >= 0.6 is 0 Å². The molecule has 0 aliphatic rings. The topological polar surface area (TPSA) is 81.7 Å². The van der Waals surface area contributed by atoms with Gasteiger partial charge in [0.05, 0.1) is 30.4 Å². The third-order valence-electron chi connectivity index (χ3n) is 4.32. The van der Waals surface area contributed by atoms with Crippen molar-refractivity contribution >= 4 is 15.7 Å². The molecule has 1 unspecified atom stereocenters. The zero-order valence-electron chi connectivity index (χ0n) is 16.1. The van der Waals surface area contributed by atoms with Crippen molar-refractivity contribution < 1.29 is 22.7 Å². The van der Waals surface area contributed by atoms with Gasteiger partial charge in [0, 0.05) is 11.1 Å². The van der Waals surface area contributed by atoms with Crippen LogP contribution in [0, 0.1) is 0 Å². The minimum Gasteiger partial charge on any atom is -0.497 e. The van der Waals surface area contributed by atoms with Crippen molar-refractivity contribution in [2.45, 2.75) is 37.0 Å². The van der Waals surface area contributed by atoms with Gasteiger partial charge in [-0.05, 0) is 63.2 Å². The van der Waals surface area contributed by atoms with Gasteiger partial charge in [0.2, 0.25) is 0 Å². The number of carbonyl (C=O) groups is 1. The molecule has 2 aromatic carbocycles. The van der Waals surface area contributed by atoms with Crippen LogP contribution in [0.25, 0.3) is 0 Å². The average molecular weight is 391 g/mol. The molecule has 0 aliphatic heterocycles. The second-order valence-corrected chi connectivity index (χ2v) is 8.93. The fraction of sp³-hybridized carbons (Fsp3) is 0.350. The standard InChI is InChI=1S/C20H25NO5S/c1-13(2)27(23,24)17-9-6-15(7-10-17)20(22)21-14(3)18-12-16(25-4)8-11-19(18)26-5/h6-14H,1-5H3,(H,21,22). The highest BCUT2D eigenvalue weighted by Gasteiger charge is 2.20. The highest BCUT2D eigenvalue weighted by atomic mass is 32.2. The summed E-state index contributed by atoms with van der Waals surface area (Å²) in [5.74, 6) is 0.998. The van der Waals surface area contributed by atoms with Crippen LogP contribution in [-0.4, -0.2) is 33.8 Å². The zero-order valence-corrected chi connectivity index (χ0v) is 17.0. The summed E-state index contributed by atoms with van der Waals surface area (Å²) in [6.07, 6.45) is 0. The molecule has 0 saturated carbocycles. The Hall–Kier alpha value is -2.54. The van der Waals surface area contributed by atoms with Gasteiger partial charge in [-0.15, -0.1) is 0 Å². The Morgan fingerprint density at radius 3 is 2.11 bits per heavy atom. The van der Waals surface area contributed by atoms with Gasteiger partial charge in [0.25, 0.3) is 5.91 Å². The van der Waals surface area contributed by atoms with E-state index in [-0.39, 0.29) is 16.8 Å². The van der Waals surface area contributed by atoms with Crippen molar-refractivity contribution in [2.75, 3.05) is 14.2 Å². The van der Waals surface area contributed by atoms with Crippen molar-refractivity contribution in [3.05, 3.63) is 53.6 Å². The molecule has 1 amide bonds. The summed E-state index contributed by atoms with van der Waals surface area (Å²) < 4.78 is 34.9. The Labute approximate surface area is 160 Å². The van der Waals surface area contributed by atoms with E-state index in [2.05, 4.69) is 5.32 Å². The van der Waals surface area contributed by atoms with Gasteiger partial charge < -0.3 is 14.8 Å². The number of nitrogens with one attached hydrogen (secondary N) is 1. The number of ether oxygens (including phenoxy) is 2. The van der Waals surface area contributed by atoms with E-state index in [1.54, 1.807) is 40.2 Å². The third kappa shape index (κ3) is 4.60. The first-order valence-electron chi connectivity index (χ1n) is 8.57. The summed E-state index contributed by atoms with van der Waals surface area (Å²) >= 11 is 0. The molecule has 146 valence electrons. The van der Waals surface area contributed by atoms with E-state index in [1.165, 1.54) is 24.3 Å². The van der Waals surface area contributed by atoms with Crippen LogP contribution in [-0.2, 0) is 9.84 Å². The van der Waals surface area contributed by atoms with Crippen LogP contribution < -0.4 is 14.8 Å². The lowest BCUT2D eigenvalue weighted by atomic mass is 10.1. The maximum atomic E-state index is 12.5. The fourth-order valence-corrected chi connectivity index (χ4v) is 3.66. The molecule has 0 aromatic heterocycles. The second kappa shape index (κ2) is 8.43. The Bertz CT molecular complexity index is 904. The summed E-state index contributed by atoms with van der Waals surface area (Å²) in [6.45, 7) is 5.09. The van der Waals surface area contributed by atoms with E-state index in [9.17, 15) is 13.2 Å². The number of rotatable bonds is 7. The maximum Gasteiger partial charge on any atom is 0.251 e. The van der Waals surface area contributed by atoms with Crippen molar-refractivity contribution in [1.29, 1.82) is 0 Å². The van der Waals surface area contributed by atoms with E-state index in [4.69, 9.17) is 9.47 Å². The smallest absolute Gasteiger partial charge is 0.251 e. The van der Waals surface area contributed by atoms with E-state index < -0.39 is 15.1 Å². The Kier molecular flexibility index (Phi) is 6.49. The molecule has 0 bridgehead atoms. The molecule has 0 fully saturated rings. The van der Waals surface area contributed by atoms with Crippen molar-refractivity contribution in [3.8, 4) is 11.5 Å². The molecule has 2 rings (SSSR count). The predicted molar refractivity (Wildman–Crippen MR) is 104 cm³/mol. The quantitative estimate of drug-likeness (QED) is 0.782. The average Bonchev–Trinajstić information content (AvgIpc) is 2.67. The van der Waals surface area contributed by atoms with E-state index in [1.807, 2.05) is 13.0 Å². The number of benzene rings is 2. The number of hydrogen-bond acceptors (Lipinski definition) is 5. The van der Waals surface area contributed by atoms with E-state index >= 15 is 0 Å². The van der Waals surface area contributed by atoms with Gasteiger partial charge in [0.15, 0.2) is 9.84 Å². The summed E-state index contributed by atoms with van der Waals surface area (Å²) in [5.41, 5.74) is 1.16. The molecular weight excluding hydrogens is 366 g/mol. The first-order chi connectivity index (χ1) is 12.7. The molecule has 0 spiro atoms. The SMILES string of the molecule is COc1ccc(OC)c(C(C)NC(=O)c2ccc(S(=O)(=O)C(C)C)cc2)c1. The highest BCUT2D eigenvalue weighted by Crippen LogP contribution is 2.29. The van der Waals surface area contributed by atoms with Crippen LogP contribution in [0.15, 0.2) is 47.4 Å². The van der Waals surface area contributed by atoms with Crippen LogP contribution in [0.4, 0.5) is 0 Å². The largest absolute Gasteiger partial charge is 0.497 e. The lowest BCUT2D eigenvalue weighted by molar-refractivity contribution is 0.0939. The predicted octanol–water partition coefficient (Wildman–Crippen LogP) is 3.38. The molecule has 0 heterocycles. The maximum absolute atomic E-state index is 12.5. The van der Waals surface area contributed by atoms with Crippen molar-refractivity contribution in [3.63, 3.8) is 0 Å². The van der Waals surface area contributed by atoms with Crippen molar-refractivity contribution in [2.24, 2.45) is 0 Å². The van der Waals surface area contributed by atoms with Crippen LogP contribution in [0.2, 0.25) is 0 Å². The number of carbonyl (C=O) groups excluding carboxylic acids is 1. The Morgan fingerprint density at radius 2 is 1.59 bits per heavy atom. The molecule has 27 heavy (non-hydrogen) atoms. The van der Waals surface area contributed by atoms with Gasteiger partial charge >= 0.3 is 0 Å². The van der Waals surface area contributed by atoms with Gasteiger partial charge in [-0.1, -0.05) is 0 Å². The van der Waals surface area contributed by atoms with Gasteiger partial charge in [-0.2, -0.15) is 0 Å². The highest BCUT2D eigenvalue weighted by molar-refractivity contribution is 7.92. The number of sulfone groups is 1. The molecule has 0 saturated heterocycles. The lowest BCUT2D eigenvalue weighted by Gasteiger charge is -2.18. The first-order valence-corrected chi connectivity index (χ1v) is 10.1. The van der Waals surface area contributed by atoms with Crippen LogP contribution in [0.5, 0.6) is 11.5 Å². The minimum atomic E-state index is -3.36. The van der Waals surface area contributed by atoms with Gasteiger partial charge in [-0.25, -0.2) is 8.42 Å². The second-order valence-electron chi connectivity index (χ2n) is 6.42. The molecular formula is C20H25NO5S. The molecule has 0 radical (unpaired) electrons. The van der Waals surface area contributed by atoms with Gasteiger partial charge in [-0.3, -0.25) is 4.79 Å². The van der Waals surface area contributed by atoms with Crippen LogP contribution in [0.1, 0.15) is 42.7 Å². The first kappa shape index (κ1) is 20.8. The van der Waals surface area contributed by atoms with Crippen molar-refractivity contribution in [1.82, 2.24) is 5.32 Å². The normalized spacial score (nSPS) is 12.5. The summed E-state index contributed by atoms with van der Waals surface area (Å²) in [7, 11) is -0.230.